The van der Waals surface area contributed by atoms with Gasteiger partial charge < -0.3 is 10.1 Å². The van der Waals surface area contributed by atoms with Crippen LogP contribution in [0.1, 0.15) is 25.5 Å². The standard InChI is InChI=1S/C12H17ClFNO/c1-4-15-12(8(2)16-3)10-7-9(14)5-6-11(10)13/h5-8,12,15H,4H2,1-3H3. The van der Waals surface area contributed by atoms with E-state index in [1.54, 1.807) is 13.2 Å². The highest BCUT2D eigenvalue weighted by atomic mass is 35.5. The smallest absolute Gasteiger partial charge is 0.123 e. The summed E-state index contributed by atoms with van der Waals surface area (Å²) in [5, 5.41) is 3.79. The molecule has 2 atom stereocenters. The van der Waals surface area contributed by atoms with Crippen molar-refractivity contribution >= 4 is 11.6 Å². The molecule has 0 saturated heterocycles. The summed E-state index contributed by atoms with van der Waals surface area (Å²) in [6.07, 6.45) is -0.0701. The first kappa shape index (κ1) is 13.4. The molecule has 4 heteroatoms. The molecule has 16 heavy (non-hydrogen) atoms. The van der Waals surface area contributed by atoms with Gasteiger partial charge in [-0.15, -0.1) is 0 Å². The lowest BCUT2D eigenvalue weighted by Crippen LogP contribution is -2.31. The molecular weight excluding hydrogens is 229 g/mol. The molecule has 0 heterocycles. The molecule has 90 valence electrons. The molecule has 0 fully saturated rings. The Kier molecular flexibility index (Phi) is 5.19. The summed E-state index contributed by atoms with van der Waals surface area (Å²) in [7, 11) is 1.63. The van der Waals surface area contributed by atoms with Gasteiger partial charge in [0.15, 0.2) is 0 Å². The van der Waals surface area contributed by atoms with Gasteiger partial charge >= 0.3 is 0 Å². The molecule has 0 radical (unpaired) electrons. The van der Waals surface area contributed by atoms with Crippen molar-refractivity contribution in [3.63, 3.8) is 0 Å². The Hall–Kier alpha value is -0.640. The molecule has 0 aliphatic heterocycles. The van der Waals surface area contributed by atoms with Crippen molar-refractivity contribution < 1.29 is 9.13 Å². The predicted molar refractivity (Wildman–Crippen MR) is 64.3 cm³/mol. The van der Waals surface area contributed by atoms with Gasteiger partial charge in [0.05, 0.1) is 12.1 Å². The molecule has 1 N–H and O–H groups in total. The third-order valence-corrected chi connectivity index (χ3v) is 2.90. The van der Waals surface area contributed by atoms with E-state index in [-0.39, 0.29) is 18.0 Å². The number of halogens is 2. The van der Waals surface area contributed by atoms with Crippen LogP contribution in [0.25, 0.3) is 0 Å². The quantitative estimate of drug-likeness (QED) is 0.861. The van der Waals surface area contributed by atoms with Gasteiger partial charge in [-0.3, -0.25) is 0 Å². The van der Waals surface area contributed by atoms with E-state index < -0.39 is 0 Å². The van der Waals surface area contributed by atoms with Crippen molar-refractivity contribution in [1.29, 1.82) is 0 Å². The summed E-state index contributed by atoms with van der Waals surface area (Å²) in [4.78, 5) is 0. The van der Waals surface area contributed by atoms with Gasteiger partial charge in [0.1, 0.15) is 5.82 Å². The van der Waals surface area contributed by atoms with Gasteiger partial charge in [0.25, 0.3) is 0 Å². The summed E-state index contributed by atoms with van der Waals surface area (Å²) in [5.74, 6) is -0.286. The van der Waals surface area contributed by atoms with Crippen LogP contribution in [0.3, 0.4) is 0 Å². The molecule has 0 saturated carbocycles. The van der Waals surface area contributed by atoms with Crippen LogP contribution in [-0.4, -0.2) is 19.8 Å². The SMILES string of the molecule is CCNC(c1cc(F)ccc1Cl)C(C)OC. The Bertz CT molecular complexity index is 346. The zero-order valence-corrected chi connectivity index (χ0v) is 10.5. The Morgan fingerprint density at radius 2 is 2.19 bits per heavy atom. The largest absolute Gasteiger partial charge is 0.380 e. The van der Waals surface area contributed by atoms with E-state index in [9.17, 15) is 4.39 Å². The summed E-state index contributed by atoms with van der Waals surface area (Å²) in [5.41, 5.74) is 0.734. The highest BCUT2D eigenvalue weighted by molar-refractivity contribution is 6.31. The lowest BCUT2D eigenvalue weighted by molar-refractivity contribution is 0.0835. The molecule has 1 aromatic carbocycles. The van der Waals surface area contributed by atoms with Gasteiger partial charge in [0, 0.05) is 12.1 Å². The summed E-state index contributed by atoms with van der Waals surface area (Å²) in [6.45, 7) is 4.68. The molecule has 2 unspecified atom stereocenters. The number of hydrogen-bond acceptors (Lipinski definition) is 2. The molecule has 0 aromatic heterocycles. The van der Waals surface area contributed by atoms with Crippen molar-refractivity contribution in [2.24, 2.45) is 0 Å². The number of nitrogens with one attached hydrogen (secondary N) is 1. The van der Waals surface area contributed by atoms with E-state index in [0.717, 1.165) is 12.1 Å². The number of hydrogen-bond donors (Lipinski definition) is 1. The normalized spacial score (nSPS) is 14.8. The summed E-state index contributed by atoms with van der Waals surface area (Å²) < 4.78 is 18.5. The average Bonchev–Trinajstić information content (AvgIpc) is 2.28. The van der Waals surface area contributed by atoms with Crippen LogP contribution in [0, 0.1) is 5.82 Å². The fourth-order valence-electron chi connectivity index (χ4n) is 1.64. The average molecular weight is 246 g/mol. The van der Waals surface area contributed by atoms with E-state index in [4.69, 9.17) is 16.3 Å². The van der Waals surface area contributed by atoms with Crippen molar-refractivity contribution in [2.75, 3.05) is 13.7 Å². The van der Waals surface area contributed by atoms with E-state index in [2.05, 4.69) is 5.32 Å². The Morgan fingerprint density at radius 1 is 1.50 bits per heavy atom. The van der Waals surface area contributed by atoms with Gasteiger partial charge in [0.2, 0.25) is 0 Å². The Labute approximate surface area is 101 Å². The van der Waals surface area contributed by atoms with Crippen LogP contribution >= 0.6 is 11.6 Å². The Balaban J connectivity index is 3.04. The number of rotatable bonds is 5. The molecule has 1 rings (SSSR count). The second kappa shape index (κ2) is 6.18. The maximum absolute atomic E-state index is 13.2. The lowest BCUT2D eigenvalue weighted by atomic mass is 10.0. The minimum absolute atomic E-state index is 0.0701. The molecule has 0 aliphatic carbocycles. The molecule has 0 bridgehead atoms. The van der Waals surface area contributed by atoms with E-state index in [0.29, 0.717) is 5.02 Å². The predicted octanol–water partition coefficient (Wildman–Crippen LogP) is 3.16. The van der Waals surface area contributed by atoms with Crippen LogP contribution in [0.15, 0.2) is 18.2 Å². The van der Waals surface area contributed by atoms with Gasteiger partial charge in [-0.05, 0) is 37.2 Å². The molecule has 1 aromatic rings. The first-order chi connectivity index (χ1) is 7.60. The third kappa shape index (κ3) is 3.17. The van der Waals surface area contributed by atoms with Gasteiger partial charge in [-0.25, -0.2) is 4.39 Å². The Morgan fingerprint density at radius 3 is 2.75 bits per heavy atom. The van der Waals surface area contributed by atoms with Crippen LogP contribution < -0.4 is 5.32 Å². The topological polar surface area (TPSA) is 21.3 Å². The van der Waals surface area contributed by atoms with Crippen LogP contribution in [0.4, 0.5) is 4.39 Å². The molecule has 2 nitrogen and oxygen atoms in total. The zero-order valence-electron chi connectivity index (χ0n) is 9.76. The van der Waals surface area contributed by atoms with Crippen LogP contribution in [0.2, 0.25) is 5.02 Å². The van der Waals surface area contributed by atoms with E-state index >= 15 is 0 Å². The first-order valence-corrected chi connectivity index (χ1v) is 5.69. The molecular formula is C12H17ClFNO. The summed E-state index contributed by atoms with van der Waals surface area (Å²) >= 11 is 6.07. The second-order valence-electron chi connectivity index (χ2n) is 3.64. The minimum Gasteiger partial charge on any atom is -0.380 e. The number of likely N-dealkylation sites (N-methyl/N-ethyl adjacent to an activating group) is 1. The number of methoxy groups -OCH3 is 1. The van der Waals surface area contributed by atoms with Gasteiger partial charge in [-0.2, -0.15) is 0 Å². The van der Waals surface area contributed by atoms with Crippen LogP contribution in [-0.2, 0) is 4.74 Å². The zero-order chi connectivity index (χ0) is 12.1. The fraction of sp³-hybridized carbons (Fsp3) is 0.500. The fourth-order valence-corrected chi connectivity index (χ4v) is 1.87. The van der Waals surface area contributed by atoms with Gasteiger partial charge in [-0.1, -0.05) is 18.5 Å². The number of benzene rings is 1. The highest BCUT2D eigenvalue weighted by Gasteiger charge is 2.20. The van der Waals surface area contributed by atoms with Crippen molar-refractivity contribution in [3.8, 4) is 0 Å². The maximum atomic E-state index is 13.2. The summed E-state index contributed by atoms with van der Waals surface area (Å²) in [6, 6.07) is 4.27. The second-order valence-corrected chi connectivity index (χ2v) is 4.05. The molecule has 0 spiro atoms. The van der Waals surface area contributed by atoms with Crippen molar-refractivity contribution in [1.82, 2.24) is 5.32 Å². The highest BCUT2D eigenvalue weighted by Crippen LogP contribution is 2.27. The minimum atomic E-state index is -0.286. The number of ether oxygens (including phenoxy) is 1. The van der Waals surface area contributed by atoms with Crippen molar-refractivity contribution in [3.05, 3.63) is 34.6 Å². The van der Waals surface area contributed by atoms with Crippen molar-refractivity contribution in [2.45, 2.75) is 26.0 Å². The van der Waals surface area contributed by atoms with E-state index in [1.165, 1.54) is 12.1 Å². The monoisotopic (exact) mass is 245 g/mol. The third-order valence-electron chi connectivity index (χ3n) is 2.56. The van der Waals surface area contributed by atoms with Crippen LogP contribution in [0.5, 0.6) is 0 Å². The molecule has 0 amide bonds. The van der Waals surface area contributed by atoms with E-state index in [1.807, 2.05) is 13.8 Å². The maximum Gasteiger partial charge on any atom is 0.123 e. The first-order valence-electron chi connectivity index (χ1n) is 5.31. The molecule has 0 aliphatic rings. The lowest BCUT2D eigenvalue weighted by Gasteiger charge is -2.25.